The van der Waals surface area contributed by atoms with Gasteiger partial charge in [-0.05, 0) is 101 Å². The SMILES string of the molecule is CC(C)(C)OC(=O)CNCCN(CCN(CCNCC(=O)OC(C)(C)C)Cc1cc(N)ccc1OC(C)(C)C)CC(=O)OC(C)(C)C. The van der Waals surface area contributed by atoms with Crippen LogP contribution in [0, 0.1) is 0 Å². The molecule has 4 N–H and O–H groups in total. The maximum Gasteiger partial charge on any atom is 0.320 e. The number of hydrogen-bond donors (Lipinski definition) is 3. The van der Waals surface area contributed by atoms with Gasteiger partial charge in [-0.15, -0.1) is 0 Å². The Morgan fingerprint density at radius 2 is 1.09 bits per heavy atom. The number of nitrogen functional groups attached to an aromatic ring is 1. The molecule has 0 amide bonds. The van der Waals surface area contributed by atoms with Gasteiger partial charge >= 0.3 is 17.9 Å². The molecule has 47 heavy (non-hydrogen) atoms. The minimum Gasteiger partial charge on any atom is -0.488 e. The van der Waals surface area contributed by atoms with E-state index in [1.54, 1.807) is 0 Å². The van der Waals surface area contributed by atoms with Crippen molar-refractivity contribution in [3.63, 3.8) is 0 Å². The van der Waals surface area contributed by atoms with Crippen LogP contribution in [0.2, 0.25) is 0 Å². The van der Waals surface area contributed by atoms with E-state index >= 15 is 0 Å². The lowest BCUT2D eigenvalue weighted by Gasteiger charge is -2.30. The predicted octanol–water partition coefficient (Wildman–Crippen LogP) is 3.75. The quantitative estimate of drug-likeness (QED) is 0.0909. The minimum absolute atomic E-state index is 0.0684. The summed E-state index contributed by atoms with van der Waals surface area (Å²) in [5.74, 6) is -0.234. The fraction of sp³-hybridized carbons (Fsp3) is 0.743. The van der Waals surface area contributed by atoms with E-state index in [1.807, 2.05) is 106 Å². The Hall–Kier alpha value is -2.93. The Labute approximate surface area is 283 Å². The normalized spacial score (nSPS) is 12.7. The van der Waals surface area contributed by atoms with Crippen LogP contribution in [-0.4, -0.2) is 109 Å². The Balaban J connectivity index is 3.07. The number of nitrogens with one attached hydrogen (secondary N) is 2. The molecule has 0 aliphatic carbocycles. The van der Waals surface area contributed by atoms with Crippen LogP contribution < -0.4 is 21.1 Å². The second-order valence-electron chi connectivity index (χ2n) is 15.7. The highest BCUT2D eigenvalue weighted by molar-refractivity contribution is 5.73. The van der Waals surface area contributed by atoms with Gasteiger partial charge in [0.1, 0.15) is 28.2 Å². The molecule has 0 aromatic heterocycles. The second-order valence-corrected chi connectivity index (χ2v) is 15.7. The fourth-order valence-corrected chi connectivity index (χ4v) is 4.38. The summed E-state index contributed by atoms with van der Waals surface area (Å²) in [7, 11) is 0. The van der Waals surface area contributed by atoms with Crippen LogP contribution in [0.4, 0.5) is 5.69 Å². The summed E-state index contributed by atoms with van der Waals surface area (Å²) in [6.07, 6.45) is 0. The molecule has 1 aromatic carbocycles. The monoisotopic (exact) mass is 665 g/mol. The highest BCUT2D eigenvalue weighted by Gasteiger charge is 2.22. The summed E-state index contributed by atoms with van der Waals surface area (Å²) in [5, 5.41) is 6.31. The van der Waals surface area contributed by atoms with Crippen molar-refractivity contribution in [2.45, 2.75) is 112 Å². The van der Waals surface area contributed by atoms with Crippen LogP contribution in [0.15, 0.2) is 18.2 Å². The number of ether oxygens (including phenoxy) is 4. The number of nitrogens with two attached hydrogens (primary N) is 1. The number of esters is 3. The van der Waals surface area contributed by atoms with Crippen molar-refractivity contribution in [3.05, 3.63) is 23.8 Å². The molecule has 0 radical (unpaired) electrons. The molecular weight excluding hydrogens is 602 g/mol. The van der Waals surface area contributed by atoms with E-state index in [4.69, 9.17) is 24.7 Å². The third kappa shape index (κ3) is 22.3. The number of carbonyl (C=O) groups excluding carboxylic acids is 3. The van der Waals surface area contributed by atoms with Crippen LogP contribution in [0.5, 0.6) is 5.75 Å². The molecule has 12 heteroatoms. The van der Waals surface area contributed by atoms with Gasteiger partial charge in [0, 0.05) is 57.1 Å². The van der Waals surface area contributed by atoms with Crippen molar-refractivity contribution < 1.29 is 33.3 Å². The van der Waals surface area contributed by atoms with Crippen LogP contribution in [0.25, 0.3) is 0 Å². The highest BCUT2D eigenvalue weighted by Crippen LogP contribution is 2.27. The third-order valence-electron chi connectivity index (χ3n) is 5.99. The number of benzene rings is 1. The van der Waals surface area contributed by atoms with Crippen molar-refractivity contribution in [2.75, 3.05) is 64.6 Å². The Morgan fingerprint density at radius 3 is 1.55 bits per heavy atom. The van der Waals surface area contributed by atoms with E-state index in [1.165, 1.54) is 0 Å². The first-order valence-electron chi connectivity index (χ1n) is 16.5. The first-order chi connectivity index (χ1) is 21.4. The molecule has 0 aliphatic heterocycles. The summed E-state index contributed by atoms with van der Waals surface area (Å²) < 4.78 is 22.7. The van der Waals surface area contributed by atoms with Gasteiger partial charge in [-0.25, -0.2) is 0 Å². The molecule has 1 aromatic rings. The standard InChI is InChI=1S/C35H63N5O7/c1-32(2,3)44-28-14-13-27(36)21-26(28)24-39(17-15-37-22-29(41)45-33(4,5)6)19-20-40(25-31(43)47-35(10,11)12)18-16-38-23-30(42)46-34(7,8)9/h13-14,21,37-38H,15-20,22-25,36H2,1-12H3. The molecule has 270 valence electrons. The molecule has 0 spiro atoms. The zero-order valence-electron chi connectivity index (χ0n) is 31.1. The summed E-state index contributed by atoms with van der Waals surface area (Å²) in [4.78, 5) is 41.5. The second kappa shape index (κ2) is 18.6. The third-order valence-corrected chi connectivity index (χ3v) is 5.99. The van der Waals surface area contributed by atoms with Gasteiger partial charge < -0.3 is 35.3 Å². The van der Waals surface area contributed by atoms with Crippen LogP contribution >= 0.6 is 0 Å². The Kier molecular flexibility index (Phi) is 16.6. The number of rotatable bonds is 18. The van der Waals surface area contributed by atoms with Crippen molar-refractivity contribution in [1.82, 2.24) is 20.4 Å². The summed E-state index contributed by atoms with van der Waals surface area (Å²) >= 11 is 0. The molecule has 1 rings (SSSR count). The lowest BCUT2D eigenvalue weighted by molar-refractivity contribution is -0.157. The maximum atomic E-state index is 12.8. The van der Waals surface area contributed by atoms with E-state index in [-0.39, 0.29) is 37.5 Å². The smallest absolute Gasteiger partial charge is 0.320 e. The molecule has 0 saturated carbocycles. The highest BCUT2D eigenvalue weighted by atomic mass is 16.6. The first kappa shape index (κ1) is 42.1. The van der Waals surface area contributed by atoms with Gasteiger partial charge in [-0.3, -0.25) is 24.2 Å². The minimum atomic E-state index is -0.611. The van der Waals surface area contributed by atoms with E-state index in [9.17, 15) is 14.4 Å². The molecular formula is C35H63N5O7. The van der Waals surface area contributed by atoms with E-state index in [0.717, 1.165) is 11.3 Å². The summed E-state index contributed by atoms with van der Waals surface area (Å²) in [6, 6.07) is 5.63. The van der Waals surface area contributed by atoms with E-state index < -0.39 is 22.4 Å². The zero-order valence-corrected chi connectivity index (χ0v) is 31.1. The van der Waals surface area contributed by atoms with E-state index in [2.05, 4.69) is 15.5 Å². The number of carbonyl (C=O) groups is 3. The maximum absolute atomic E-state index is 12.8. The molecule has 0 aliphatic rings. The zero-order chi connectivity index (χ0) is 36.1. The molecule has 12 nitrogen and oxygen atoms in total. The first-order valence-corrected chi connectivity index (χ1v) is 16.5. The summed E-state index contributed by atoms with van der Waals surface area (Å²) in [5.41, 5.74) is 5.62. The molecule has 0 bridgehead atoms. The largest absolute Gasteiger partial charge is 0.488 e. The average molecular weight is 666 g/mol. The van der Waals surface area contributed by atoms with Crippen LogP contribution in [-0.2, 0) is 35.1 Å². The molecule has 0 saturated heterocycles. The van der Waals surface area contributed by atoms with Crippen LogP contribution in [0.1, 0.15) is 88.6 Å². The van der Waals surface area contributed by atoms with Gasteiger partial charge in [0.2, 0.25) is 0 Å². The van der Waals surface area contributed by atoms with Crippen molar-refractivity contribution in [3.8, 4) is 5.75 Å². The van der Waals surface area contributed by atoms with Gasteiger partial charge in [0.15, 0.2) is 0 Å². The Morgan fingerprint density at radius 1 is 0.638 bits per heavy atom. The predicted molar refractivity (Wildman–Crippen MR) is 186 cm³/mol. The van der Waals surface area contributed by atoms with Crippen molar-refractivity contribution in [2.24, 2.45) is 0 Å². The van der Waals surface area contributed by atoms with Gasteiger partial charge in [-0.2, -0.15) is 0 Å². The van der Waals surface area contributed by atoms with Crippen molar-refractivity contribution >= 4 is 23.6 Å². The van der Waals surface area contributed by atoms with Crippen molar-refractivity contribution in [1.29, 1.82) is 0 Å². The van der Waals surface area contributed by atoms with Crippen LogP contribution in [0.3, 0.4) is 0 Å². The van der Waals surface area contributed by atoms with Gasteiger partial charge in [0.25, 0.3) is 0 Å². The Bertz CT molecular complexity index is 1130. The lowest BCUT2D eigenvalue weighted by atomic mass is 10.1. The molecule has 0 atom stereocenters. The summed E-state index contributed by atoms with van der Waals surface area (Å²) in [6.45, 7) is 26.5. The number of nitrogens with zero attached hydrogens (tertiary/aromatic N) is 2. The number of hydrogen-bond acceptors (Lipinski definition) is 12. The number of anilines is 1. The fourth-order valence-electron chi connectivity index (χ4n) is 4.38. The molecule has 0 unspecified atom stereocenters. The topological polar surface area (TPSA) is 145 Å². The average Bonchev–Trinajstić information content (AvgIpc) is 2.84. The van der Waals surface area contributed by atoms with Gasteiger partial charge in [-0.1, -0.05) is 0 Å². The lowest BCUT2D eigenvalue weighted by Crippen LogP contribution is -2.44. The van der Waals surface area contributed by atoms with E-state index in [0.29, 0.717) is 51.5 Å². The van der Waals surface area contributed by atoms with Gasteiger partial charge in [0.05, 0.1) is 19.6 Å². The molecule has 0 heterocycles. The molecule has 0 fully saturated rings.